The highest BCUT2D eigenvalue weighted by atomic mass is 16.5. The van der Waals surface area contributed by atoms with Crippen LogP contribution in [0.2, 0.25) is 0 Å². The average Bonchev–Trinajstić information content (AvgIpc) is 3.76. The summed E-state index contributed by atoms with van der Waals surface area (Å²) in [6, 6.07) is 11.4. The topological polar surface area (TPSA) is 161 Å². The molecule has 4 aliphatic rings. The lowest BCUT2D eigenvalue weighted by Crippen LogP contribution is -2.45. The number of aryl methyl sites for hydroxylation is 1. The third-order valence-electron chi connectivity index (χ3n) is 7.83. The number of likely N-dealkylation sites (tertiary alicyclic amines) is 1. The van der Waals surface area contributed by atoms with Crippen molar-refractivity contribution in [2.45, 2.75) is 45.0 Å². The van der Waals surface area contributed by atoms with Gasteiger partial charge in [-0.3, -0.25) is 28.7 Å². The minimum absolute atomic E-state index is 0.129. The summed E-state index contributed by atoms with van der Waals surface area (Å²) in [4.78, 5) is 67.1. The van der Waals surface area contributed by atoms with Gasteiger partial charge in [0.25, 0.3) is 17.4 Å². The van der Waals surface area contributed by atoms with Crippen LogP contribution < -0.4 is 36.1 Å². The maximum absolute atomic E-state index is 13.6. The fourth-order valence-electron chi connectivity index (χ4n) is 5.10. The van der Waals surface area contributed by atoms with E-state index in [4.69, 9.17) is 14.2 Å². The molecule has 3 aromatic rings. The molecule has 0 radical (unpaired) electrons. The number of hydrogen-bond donors (Lipinski definition) is 3. The zero-order valence-corrected chi connectivity index (χ0v) is 24.2. The van der Waals surface area contributed by atoms with Crippen LogP contribution in [0.5, 0.6) is 17.2 Å². The lowest BCUT2D eigenvalue weighted by Gasteiger charge is -2.21. The molecule has 1 saturated carbocycles. The quantitative estimate of drug-likeness (QED) is 0.385. The molecule has 3 N–H and O–H groups in total. The molecule has 230 valence electrons. The number of H-pyrrole nitrogens is 1. The number of fused-ring (bicyclic) bond motifs is 7. The van der Waals surface area contributed by atoms with Gasteiger partial charge in [0, 0.05) is 36.5 Å². The van der Waals surface area contributed by atoms with Gasteiger partial charge in [-0.05, 0) is 55.5 Å². The summed E-state index contributed by atoms with van der Waals surface area (Å²) < 4.78 is 19.1. The molecule has 0 spiro atoms. The van der Waals surface area contributed by atoms with Crippen LogP contribution in [0.25, 0.3) is 0 Å². The number of rotatable bonds is 5. The third-order valence-corrected chi connectivity index (χ3v) is 7.83. The van der Waals surface area contributed by atoms with Crippen molar-refractivity contribution >= 4 is 17.7 Å². The molecule has 2 fully saturated rings. The molecule has 2 aromatic carbocycles. The van der Waals surface area contributed by atoms with Crippen molar-refractivity contribution in [3.05, 3.63) is 86.2 Å². The Labute approximate surface area is 252 Å². The highest BCUT2D eigenvalue weighted by molar-refractivity contribution is 5.95. The van der Waals surface area contributed by atoms with Crippen molar-refractivity contribution in [2.24, 2.45) is 5.92 Å². The largest absolute Gasteiger partial charge is 0.493 e. The number of hydrogen-bond acceptors (Lipinski definition) is 8. The van der Waals surface area contributed by atoms with Crippen LogP contribution in [0, 0.1) is 12.8 Å². The van der Waals surface area contributed by atoms with E-state index in [1.54, 1.807) is 37.3 Å². The molecule has 1 saturated heterocycles. The number of nitrogens with one attached hydrogen (secondary N) is 3. The molecule has 13 nitrogen and oxygen atoms in total. The van der Waals surface area contributed by atoms with Crippen LogP contribution >= 0.6 is 0 Å². The Morgan fingerprint density at radius 3 is 2.59 bits per heavy atom. The van der Waals surface area contributed by atoms with Crippen LogP contribution in [0.15, 0.2) is 58.3 Å². The SMILES string of the molecule is Cc1cn(CC(=O)N2C[C@@H]3NC(=O)c4cc(cc(OCC5CC5)c4)OCC(=O)NCc4ccc(cc4)O[C@H]3C2)c(=O)[nH]c1=O. The van der Waals surface area contributed by atoms with Crippen LogP contribution in [-0.4, -0.2) is 70.6 Å². The second-order valence-electron chi connectivity index (χ2n) is 11.4. The van der Waals surface area contributed by atoms with Crippen molar-refractivity contribution in [3.63, 3.8) is 0 Å². The Hall–Kier alpha value is -5.07. The van der Waals surface area contributed by atoms with Gasteiger partial charge in [-0.2, -0.15) is 0 Å². The Balaban J connectivity index is 1.26. The van der Waals surface area contributed by atoms with Crippen LogP contribution in [0.3, 0.4) is 0 Å². The maximum Gasteiger partial charge on any atom is 0.328 e. The number of aromatic nitrogens is 2. The van der Waals surface area contributed by atoms with E-state index in [0.29, 0.717) is 35.3 Å². The standard InChI is InChI=1S/C31H33N5O8/c1-18-12-36(31(41)34-29(18)39)15-28(38)35-13-25-26(14-35)44-22-6-4-19(5-7-22)11-32-27(37)17-43-24-9-21(30(40)33-25)8-23(10-24)42-16-20-2-3-20/h4-10,12,20,25-26H,2-3,11,13-17H2,1H3,(H,32,37)(H,33,40)(H,34,39,41)/t25-,26-/m0/s1. The van der Waals surface area contributed by atoms with Crippen LogP contribution in [0.4, 0.5) is 0 Å². The summed E-state index contributed by atoms with van der Waals surface area (Å²) in [6.07, 6.45) is 2.93. The van der Waals surface area contributed by atoms with Crippen molar-refractivity contribution in [1.82, 2.24) is 25.1 Å². The second-order valence-corrected chi connectivity index (χ2v) is 11.4. The number of aromatic amines is 1. The number of amides is 3. The molecular formula is C31H33N5O8. The van der Waals surface area contributed by atoms with E-state index in [2.05, 4.69) is 15.6 Å². The zero-order chi connectivity index (χ0) is 30.8. The van der Waals surface area contributed by atoms with Crippen molar-refractivity contribution in [3.8, 4) is 17.2 Å². The first-order valence-electron chi connectivity index (χ1n) is 14.5. The smallest absolute Gasteiger partial charge is 0.328 e. The van der Waals surface area contributed by atoms with Crippen molar-refractivity contribution in [2.75, 3.05) is 26.3 Å². The van der Waals surface area contributed by atoms with E-state index in [-0.39, 0.29) is 50.2 Å². The number of benzene rings is 2. The summed E-state index contributed by atoms with van der Waals surface area (Å²) in [5, 5.41) is 5.81. The number of ether oxygens (including phenoxy) is 3. The number of nitrogens with zero attached hydrogens (tertiary/aromatic N) is 2. The third kappa shape index (κ3) is 6.93. The molecule has 3 amide bonds. The van der Waals surface area contributed by atoms with Crippen molar-refractivity contribution in [1.29, 1.82) is 0 Å². The van der Waals surface area contributed by atoms with Gasteiger partial charge in [-0.1, -0.05) is 12.1 Å². The van der Waals surface area contributed by atoms with Gasteiger partial charge in [0.15, 0.2) is 6.61 Å². The minimum atomic E-state index is -0.683. The summed E-state index contributed by atoms with van der Waals surface area (Å²) in [5.41, 5.74) is 0.228. The van der Waals surface area contributed by atoms with E-state index < -0.39 is 29.3 Å². The van der Waals surface area contributed by atoms with Gasteiger partial charge in [-0.15, -0.1) is 0 Å². The highest BCUT2D eigenvalue weighted by Crippen LogP contribution is 2.31. The van der Waals surface area contributed by atoms with Gasteiger partial charge in [0.2, 0.25) is 5.91 Å². The molecule has 2 atom stereocenters. The maximum atomic E-state index is 13.6. The molecule has 3 aliphatic heterocycles. The monoisotopic (exact) mass is 603 g/mol. The number of carbonyl (C=O) groups excluding carboxylic acids is 3. The predicted octanol–water partition coefficient (Wildman–Crippen LogP) is 0.731. The first-order valence-corrected chi connectivity index (χ1v) is 14.5. The average molecular weight is 604 g/mol. The highest BCUT2D eigenvalue weighted by Gasteiger charge is 2.38. The zero-order valence-electron chi connectivity index (χ0n) is 24.2. The molecule has 4 heterocycles. The van der Waals surface area contributed by atoms with E-state index in [9.17, 15) is 24.0 Å². The van der Waals surface area contributed by atoms with E-state index in [1.807, 2.05) is 12.1 Å². The Bertz CT molecular complexity index is 1690. The second kappa shape index (κ2) is 12.3. The molecule has 13 heteroatoms. The van der Waals surface area contributed by atoms with Crippen LogP contribution in [0.1, 0.15) is 34.3 Å². The van der Waals surface area contributed by atoms with Gasteiger partial charge in [0.05, 0.1) is 19.2 Å². The predicted molar refractivity (Wildman–Crippen MR) is 157 cm³/mol. The Kier molecular flexibility index (Phi) is 8.09. The van der Waals surface area contributed by atoms with E-state index >= 15 is 0 Å². The van der Waals surface area contributed by atoms with Gasteiger partial charge >= 0.3 is 5.69 Å². The molecule has 7 rings (SSSR count). The summed E-state index contributed by atoms with van der Waals surface area (Å²) in [7, 11) is 0. The van der Waals surface area contributed by atoms with Gasteiger partial charge in [-0.25, -0.2) is 4.79 Å². The van der Waals surface area contributed by atoms with E-state index in [1.165, 1.54) is 11.1 Å². The van der Waals surface area contributed by atoms with Gasteiger partial charge in [0.1, 0.15) is 29.9 Å². The molecule has 1 aliphatic carbocycles. The summed E-state index contributed by atoms with van der Waals surface area (Å²) >= 11 is 0. The normalized spacial score (nSPS) is 20.1. The summed E-state index contributed by atoms with van der Waals surface area (Å²) in [5.74, 6) is 0.651. The molecular weight excluding hydrogens is 570 g/mol. The lowest BCUT2D eigenvalue weighted by molar-refractivity contribution is -0.131. The minimum Gasteiger partial charge on any atom is -0.493 e. The van der Waals surface area contributed by atoms with E-state index in [0.717, 1.165) is 23.0 Å². The molecule has 4 bridgehead atoms. The first kappa shape index (κ1) is 29.0. The fourth-order valence-corrected chi connectivity index (χ4v) is 5.10. The number of carbonyl (C=O) groups is 3. The summed E-state index contributed by atoms with van der Waals surface area (Å²) in [6.45, 7) is 2.11. The van der Waals surface area contributed by atoms with Gasteiger partial charge < -0.3 is 29.7 Å². The molecule has 44 heavy (non-hydrogen) atoms. The van der Waals surface area contributed by atoms with Crippen LogP contribution in [-0.2, 0) is 22.7 Å². The Morgan fingerprint density at radius 1 is 1.02 bits per heavy atom. The Morgan fingerprint density at radius 2 is 1.82 bits per heavy atom. The first-order chi connectivity index (χ1) is 21.2. The fraction of sp³-hybridized carbons (Fsp3) is 0.387. The lowest BCUT2D eigenvalue weighted by atomic mass is 10.1. The van der Waals surface area contributed by atoms with Crippen molar-refractivity contribution < 1.29 is 28.6 Å². The molecule has 1 aromatic heterocycles. The molecule has 0 unspecified atom stereocenters.